The molecule has 0 unspecified atom stereocenters. The van der Waals surface area contributed by atoms with E-state index in [9.17, 15) is 0 Å². The van der Waals surface area contributed by atoms with Crippen LogP contribution < -0.4 is 0 Å². The number of rotatable bonds is 9. The number of hydrogen-bond acceptors (Lipinski definition) is 0. The Morgan fingerprint density at radius 2 is 1.57 bits per heavy atom. The number of halogens is 1. The first kappa shape index (κ1) is 16.2. The molecule has 0 bridgehead atoms. The quantitative estimate of drug-likeness (QED) is 0.363. The molecule has 0 atom stereocenters. The first-order chi connectivity index (χ1) is 6.41. The number of unbranched alkanes of at least 4 members (excludes halogenated alkanes) is 6. The highest BCUT2D eigenvalue weighted by Crippen LogP contribution is 2.07. The summed E-state index contributed by atoms with van der Waals surface area (Å²) in [6, 6.07) is 0. The molecule has 0 aliphatic carbocycles. The van der Waals surface area contributed by atoms with E-state index in [1.165, 1.54) is 44.9 Å². The highest BCUT2D eigenvalue weighted by Gasteiger charge is 1.87. The van der Waals surface area contributed by atoms with E-state index in [1.54, 1.807) is 0 Å². The molecule has 0 aromatic carbocycles. The van der Waals surface area contributed by atoms with Gasteiger partial charge in [-0.3, -0.25) is 0 Å². The van der Waals surface area contributed by atoms with E-state index >= 15 is 0 Å². The zero-order valence-electron chi connectivity index (χ0n) is 9.50. The second-order valence-corrected chi connectivity index (χ2v) is 3.55. The van der Waals surface area contributed by atoms with Crippen molar-refractivity contribution >= 4 is 12.4 Å². The van der Waals surface area contributed by atoms with Crippen molar-refractivity contribution in [3.05, 3.63) is 24.8 Å². The zero-order chi connectivity index (χ0) is 9.78. The Hall–Kier alpha value is -0.230. The van der Waals surface area contributed by atoms with Gasteiger partial charge in [-0.2, -0.15) is 0 Å². The highest BCUT2D eigenvalue weighted by molar-refractivity contribution is 5.85. The fraction of sp³-hybridized carbons (Fsp3) is 0.692. The van der Waals surface area contributed by atoms with E-state index in [2.05, 4.69) is 25.7 Å². The molecule has 0 aliphatic heterocycles. The van der Waals surface area contributed by atoms with Crippen molar-refractivity contribution < 1.29 is 0 Å². The summed E-state index contributed by atoms with van der Waals surface area (Å²) >= 11 is 0. The molecule has 1 heteroatoms. The molecular weight excluding hydrogens is 192 g/mol. The van der Waals surface area contributed by atoms with Crippen molar-refractivity contribution in [2.75, 3.05) is 0 Å². The largest absolute Gasteiger partial charge is 0.147 e. The summed E-state index contributed by atoms with van der Waals surface area (Å²) < 4.78 is 0. The molecule has 0 N–H and O–H groups in total. The van der Waals surface area contributed by atoms with Crippen LogP contribution in [0.3, 0.4) is 0 Å². The average Bonchev–Trinajstić information content (AvgIpc) is 2.16. The van der Waals surface area contributed by atoms with Gasteiger partial charge in [0.25, 0.3) is 0 Å². The highest BCUT2D eigenvalue weighted by atomic mass is 35.5. The van der Waals surface area contributed by atoms with Crippen molar-refractivity contribution in [3.63, 3.8) is 0 Å². The van der Waals surface area contributed by atoms with Crippen LogP contribution in [0.5, 0.6) is 0 Å². The molecule has 0 spiro atoms. The van der Waals surface area contributed by atoms with Crippen LogP contribution in [0.4, 0.5) is 0 Å². The molecule has 0 aromatic rings. The number of hydrogen-bond donors (Lipinski definition) is 0. The van der Waals surface area contributed by atoms with Crippen LogP contribution in [0, 0.1) is 0 Å². The molecule has 0 nitrogen and oxygen atoms in total. The molecule has 0 fully saturated rings. The second kappa shape index (κ2) is 15.3. The van der Waals surface area contributed by atoms with Crippen LogP contribution >= 0.6 is 12.4 Å². The molecule has 0 aliphatic rings. The molecule has 0 aromatic heterocycles. The minimum Gasteiger partial charge on any atom is -0.147 e. The topological polar surface area (TPSA) is 0 Å². The third-order valence-electron chi connectivity index (χ3n) is 2.19. The lowest BCUT2D eigenvalue weighted by atomic mass is 10.1. The minimum atomic E-state index is 0. The molecule has 0 heterocycles. The van der Waals surface area contributed by atoms with Gasteiger partial charge in [0.1, 0.15) is 0 Å². The molecule has 0 saturated heterocycles. The summed E-state index contributed by atoms with van der Waals surface area (Å²) in [5, 5.41) is 0. The molecule has 0 amide bonds. The fourth-order valence-corrected chi connectivity index (χ4v) is 1.35. The lowest BCUT2D eigenvalue weighted by Gasteiger charge is -1.97. The van der Waals surface area contributed by atoms with E-state index in [4.69, 9.17) is 0 Å². The van der Waals surface area contributed by atoms with E-state index in [-0.39, 0.29) is 12.4 Å². The predicted molar refractivity (Wildman–Crippen MR) is 69.2 cm³/mol. The first-order valence-corrected chi connectivity index (χ1v) is 5.67. The zero-order valence-corrected chi connectivity index (χ0v) is 10.3. The standard InChI is InChI=1S/C13H24.ClH/c1-3-5-7-9-11-13-12-10-8-6-4-2;/h3,7,9H,1,4-6,8,10-13H2,2H3;1H/b9-7+;. The fourth-order valence-electron chi connectivity index (χ4n) is 1.35. The molecular formula is C13H25Cl. The van der Waals surface area contributed by atoms with Crippen LogP contribution in [-0.4, -0.2) is 0 Å². The van der Waals surface area contributed by atoms with Crippen LogP contribution in [0.25, 0.3) is 0 Å². The summed E-state index contributed by atoms with van der Waals surface area (Å²) in [6.07, 6.45) is 17.1. The third kappa shape index (κ3) is 14.3. The normalized spacial score (nSPS) is 10.1. The summed E-state index contributed by atoms with van der Waals surface area (Å²) in [5.74, 6) is 0. The molecule has 0 saturated carbocycles. The Kier molecular flexibility index (Phi) is 17.7. The van der Waals surface area contributed by atoms with Gasteiger partial charge >= 0.3 is 0 Å². The van der Waals surface area contributed by atoms with Gasteiger partial charge in [0.05, 0.1) is 0 Å². The molecule has 84 valence electrons. The number of allylic oxidation sites excluding steroid dienone is 3. The van der Waals surface area contributed by atoms with E-state index in [1.807, 2.05) is 6.08 Å². The maximum Gasteiger partial charge on any atom is -0.0172 e. The maximum absolute atomic E-state index is 3.68. The van der Waals surface area contributed by atoms with Gasteiger partial charge < -0.3 is 0 Å². The van der Waals surface area contributed by atoms with E-state index in [0.29, 0.717) is 0 Å². The van der Waals surface area contributed by atoms with E-state index < -0.39 is 0 Å². The molecule has 0 rings (SSSR count). The van der Waals surface area contributed by atoms with Gasteiger partial charge in [0.2, 0.25) is 0 Å². The second-order valence-electron chi connectivity index (χ2n) is 3.55. The van der Waals surface area contributed by atoms with Gasteiger partial charge in [-0.1, -0.05) is 57.3 Å². The van der Waals surface area contributed by atoms with Gasteiger partial charge in [-0.05, 0) is 19.3 Å². The Bertz CT molecular complexity index is 127. The maximum atomic E-state index is 3.68. The van der Waals surface area contributed by atoms with Crippen molar-refractivity contribution in [1.82, 2.24) is 0 Å². The third-order valence-corrected chi connectivity index (χ3v) is 2.19. The monoisotopic (exact) mass is 216 g/mol. The van der Waals surface area contributed by atoms with Crippen molar-refractivity contribution in [3.8, 4) is 0 Å². The van der Waals surface area contributed by atoms with Gasteiger partial charge in [-0.15, -0.1) is 19.0 Å². The Morgan fingerprint density at radius 3 is 2.21 bits per heavy atom. The van der Waals surface area contributed by atoms with Crippen LogP contribution in [-0.2, 0) is 0 Å². The smallest absolute Gasteiger partial charge is 0.0172 e. The Labute approximate surface area is 95.9 Å². The minimum absolute atomic E-state index is 0. The SMILES string of the molecule is C=CC/C=C/CCCCCCCC.Cl. The van der Waals surface area contributed by atoms with Crippen molar-refractivity contribution in [1.29, 1.82) is 0 Å². The Morgan fingerprint density at radius 1 is 0.929 bits per heavy atom. The van der Waals surface area contributed by atoms with Crippen molar-refractivity contribution in [2.45, 2.75) is 58.3 Å². The predicted octanol–water partition coefficient (Wildman–Crippen LogP) is 5.29. The van der Waals surface area contributed by atoms with Crippen LogP contribution in [0.15, 0.2) is 24.8 Å². The van der Waals surface area contributed by atoms with Gasteiger partial charge in [0.15, 0.2) is 0 Å². The lowest BCUT2D eigenvalue weighted by Crippen LogP contribution is -1.77. The summed E-state index contributed by atoms with van der Waals surface area (Å²) in [4.78, 5) is 0. The molecule has 14 heavy (non-hydrogen) atoms. The van der Waals surface area contributed by atoms with Crippen LogP contribution in [0.2, 0.25) is 0 Å². The van der Waals surface area contributed by atoms with Gasteiger partial charge in [0, 0.05) is 0 Å². The summed E-state index contributed by atoms with van der Waals surface area (Å²) in [5.41, 5.74) is 0. The van der Waals surface area contributed by atoms with Gasteiger partial charge in [-0.25, -0.2) is 0 Å². The van der Waals surface area contributed by atoms with E-state index in [0.717, 1.165) is 6.42 Å². The molecule has 0 radical (unpaired) electrons. The summed E-state index contributed by atoms with van der Waals surface area (Å²) in [6.45, 7) is 5.94. The summed E-state index contributed by atoms with van der Waals surface area (Å²) in [7, 11) is 0. The Balaban J connectivity index is 0. The van der Waals surface area contributed by atoms with Crippen LogP contribution in [0.1, 0.15) is 58.3 Å². The first-order valence-electron chi connectivity index (χ1n) is 5.67. The lowest BCUT2D eigenvalue weighted by molar-refractivity contribution is 0.611. The van der Waals surface area contributed by atoms with Crippen molar-refractivity contribution in [2.24, 2.45) is 0 Å². The average molecular weight is 217 g/mol.